The van der Waals surface area contributed by atoms with Gasteiger partial charge < -0.3 is 20.7 Å². The lowest BCUT2D eigenvalue weighted by atomic mass is 10.1. The monoisotopic (exact) mass is 438 g/mol. The summed E-state index contributed by atoms with van der Waals surface area (Å²) in [4.78, 5) is 28.5. The van der Waals surface area contributed by atoms with E-state index in [1.165, 1.54) is 0 Å². The Morgan fingerprint density at radius 2 is 1.77 bits per heavy atom. The number of carbonyl (C=O) groups excluding carboxylic acids is 2. The summed E-state index contributed by atoms with van der Waals surface area (Å²) in [6.07, 6.45) is 0. The molecule has 3 N–H and O–H groups in total. The Bertz CT molecular complexity index is 1010. The number of hydrogen-bond donors (Lipinski definition) is 3. The van der Waals surface area contributed by atoms with Crippen molar-refractivity contribution in [1.82, 2.24) is 15.6 Å². The lowest BCUT2D eigenvalue weighted by molar-refractivity contribution is 0.0951. The first-order chi connectivity index (χ1) is 14.9. The van der Waals surface area contributed by atoms with E-state index >= 15 is 0 Å². The molecule has 8 heteroatoms. The largest absolute Gasteiger partial charge is 0.487 e. The predicted molar refractivity (Wildman–Crippen MR) is 123 cm³/mol. The van der Waals surface area contributed by atoms with Gasteiger partial charge in [-0.15, -0.1) is 11.3 Å². The molecule has 3 amide bonds. The van der Waals surface area contributed by atoms with E-state index in [9.17, 15) is 9.59 Å². The van der Waals surface area contributed by atoms with Crippen LogP contribution in [0.15, 0.2) is 53.9 Å². The molecule has 0 fully saturated rings. The maximum absolute atomic E-state index is 12.4. The van der Waals surface area contributed by atoms with Crippen molar-refractivity contribution in [2.45, 2.75) is 40.0 Å². The molecule has 0 unspecified atom stereocenters. The first kappa shape index (κ1) is 22.3. The third kappa shape index (κ3) is 7.11. The number of nitrogens with zero attached hydrogens (tertiary/aromatic N) is 1. The molecule has 0 radical (unpaired) electrons. The summed E-state index contributed by atoms with van der Waals surface area (Å²) in [6.45, 7) is 6.54. The SMILES string of the molecule is Cc1nc(COc2ccc(C(=O)NCc3ccc(NC(=O)NC(C)C)cc3)cc2)cs1. The first-order valence-corrected chi connectivity index (χ1v) is 10.9. The summed E-state index contributed by atoms with van der Waals surface area (Å²) < 4.78 is 5.71. The molecule has 7 nitrogen and oxygen atoms in total. The predicted octanol–water partition coefficient (Wildman–Crippen LogP) is 4.49. The van der Waals surface area contributed by atoms with Crippen LogP contribution in [-0.4, -0.2) is 23.0 Å². The summed E-state index contributed by atoms with van der Waals surface area (Å²) in [5.74, 6) is 0.520. The van der Waals surface area contributed by atoms with Gasteiger partial charge in [0.1, 0.15) is 12.4 Å². The quantitative estimate of drug-likeness (QED) is 0.483. The molecule has 3 rings (SSSR count). The number of amides is 3. The number of ether oxygens (including phenoxy) is 1. The lowest BCUT2D eigenvalue weighted by Crippen LogP contribution is -2.34. The number of anilines is 1. The van der Waals surface area contributed by atoms with Gasteiger partial charge in [0.05, 0.1) is 10.7 Å². The molecule has 0 aliphatic carbocycles. The minimum atomic E-state index is -0.245. The van der Waals surface area contributed by atoms with Crippen LogP contribution in [0.5, 0.6) is 5.75 Å². The van der Waals surface area contributed by atoms with Crippen LogP contribution in [0, 0.1) is 6.92 Å². The molecule has 0 saturated carbocycles. The second-order valence-corrected chi connectivity index (χ2v) is 8.37. The van der Waals surface area contributed by atoms with Gasteiger partial charge in [-0.1, -0.05) is 12.1 Å². The molecule has 0 aliphatic heterocycles. The molecule has 31 heavy (non-hydrogen) atoms. The van der Waals surface area contributed by atoms with E-state index in [2.05, 4.69) is 20.9 Å². The first-order valence-electron chi connectivity index (χ1n) is 9.97. The normalized spacial score (nSPS) is 10.6. The minimum Gasteiger partial charge on any atom is -0.487 e. The second-order valence-electron chi connectivity index (χ2n) is 7.30. The van der Waals surface area contributed by atoms with Crippen LogP contribution in [0.3, 0.4) is 0 Å². The Morgan fingerprint density at radius 3 is 2.39 bits per heavy atom. The summed E-state index contributed by atoms with van der Waals surface area (Å²) in [5, 5.41) is 11.4. The summed E-state index contributed by atoms with van der Waals surface area (Å²) in [5.41, 5.74) is 3.07. The van der Waals surface area contributed by atoms with Crippen LogP contribution in [0.2, 0.25) is 0 Å². The zero-order valence-electron chi connectivity index (χ0n) is 17.8. The number of carbonyl (C=O) groups is 2. The lowest BCUT2D eigenvalue weighted by Gasteiger charge is -2.11. The third-order valence-electron chi connectivity index (χ3n) is 4.25. The van der Waals surface area contributed by atoms with Crippen LogP contribution in [0.4, 0.5) is 10.5 Å². The Hall–Kier alpha value is -3.39. The highest BCUT2D eigenvalue weighted by atomic mass is 32.1. The number of aromatic nitrogens is 1. The van der Waals surface area contributed by atoms with Gasteiger partial charge in [-0.3, -0.25) is 4.79 Å². The standard InChI is InChI=1S/C23H26N4O3S/c1-15(2)25-23(29)27-19-8-4-17(5-9-19)12-24-22(28)18-6-10-21(11-7-18)30-13-20-14-31-16(3)26-20/h4-11,14-15H,12-13H2,1-3H3,(H,24,28)(H2,25,27,29). The van der Waals surface area contributed by atoms with Gasteiger partial charge in [-0.25, -0.2) is 9.78 Å². The number of hydrogen-bond acceptors (Lipinski definition) is 5. The van der Waals surface area contributed by atoms with Crippen molar-refractivity contribution in [3.05, 3.63) is 75.7 Å². The van der Waals surface area contributed by atoms with E-state index in [4.69, 9.17) is 4.74 Å². The summed E-state index contributed by atoms with van der Waals surface area (Å²) >= 11 is 1.59. The van der Waals surface area contributed by atoms with E-state index in [0.717, 1.165) is 16.3 Å². The van der Waals surface area contributed by atoms with Crippen LogP contribution < -0.4 is 20.7 Å². The topological polar surface area (TPSA) is 92.3 Å². The number of rotatable bonds is 8. The number of thiazole rings is 1. The van der Waals surface area contributed by atoms with Gasteiger partial charge >= 0.3 is 6.03 Å². The van der Waals surface area contributed by atoms with Crippen molar-refractivity contribution in [3.63, 3.8) is 0 Å². The fourth-order valence-electron chi connectivity index (χ4n) is 2.75. The number of urea groups is 1. The highest BCUT2D eigenvalue weighted by Gasteiger charge is 2.07. The molecular weight excluding hydrogens is 412 g/mol. The number of benzene rings is 2. The van der Waals surface area contributed by atoms with Crippen molar-refractivity contribution in [3.8, 4) is 5.75 Å². The Labute approximate surface area is 185 Å². The van der Waals surface area contributed by atoms with Crippen molar-refractivity contribution in [1.29, 1.82) is 0 Å². The van der Waals surface area contributed by atoms with Gasteiger partial charge in [0, 0.05) is 29.2 Å². The Kier molecular flexibility index (Phi) is 7.61. The molecule has 3 aromatic rings. The fraction of sp³-hybridized carbons (Fsp3) is 0.261. The van der Waals surface area contributed by atoms with Gasteiger partial charge in [0.25, 0.3) is 5.91 Å². The number of aryl methyl sites for hydroxylation is 1. The van der Waals surface area contributed by atoms with Crippen LogP contribution in [0.25, 0.3) is 0 Å². The number of nitrogens with one attached hydrogen (secondary N) is 3. The third-order valence-corrected chi connectivity index (χ3v) is 5.08. The Morgan fingerprint density at radius 1 is 1.06 bits per heavy atom. The average molecular weight is 439 g/mol. The van der Waals surface area contributed by atoms with Crippen LogP contribution >= 0.6 is 11.3 Å². The molecule has 0 spiro atoms. The van der Waals surface area contributed by atoms with Gasteiger partial charge in [-0.2, -0.15) is 0 Å². The smallest absolute Gasteiger partial charge is 0.319 e. The molecule has 0 bridgehead atoms. The van der Waals surface area contributed by atoms with Crippen molar-refractivity contribution < 1.29 is 14.3 Å². The van der Waals surface area contributed by atoms with Crippen LogP contribution in [0.1, 0.15) is 40.5 Å². The fourth-order valence-corrected chi connectivity index (χ4v) is 3.35. The van der Waals surface area contributed by atoms with Crippen molar-refractivity contribution >= 4 is 29.0 Å². The minimum absolute atomic E-state index is 0.0670. The van der Waals surface area contributed by atoms with E-state index in [0.29, 0.717) is 30.2 Å². The van der Waals surface area contributed by atoms with E-state index in [-0.39, 0.29) is 18.0 Å². The van der Waals surface area contributed by atoms with Crippen LogP contribution in [-0.2, 0) is 13.2 Å². The second kappa shape index (κ2) is 10.6. The van der Waals surface area contributed by atoms with E-state index in [1.807, 2.05) is 38.3 Å². The zero-order valence-corrected chi connectivity index (χ0v) is 18.6. The summed E-state index contributed by atoms with van der Waals surface area (Å²) in [7, 11) is 0. The maximum Gasteiger partial charge on any atom is 0.319 e. The van der Waals surface area contributed by atoms with E-state index in [1.54, 1.807) is 47.7 Å². The average Bonchev–Trinajstić information content (AvgIpc) is 3.16. The van der Waals surface area contributed by atoms with Gasteiger partial charge in [0.15, 0.2) is 0 Å². The van der Waals surface area contributed by atoms with E-state index < -0.39 is 0 Å². The molecule has 0 atom stereocenters. The maximum atomic E-state index is 12.4. The summed E-state index contributed by atoms with van der Waals surface area (Å²) in [6, 6.07) is 14.2. The molecule has 162 valence electrons. The van der Waals surface area contributed by atoms with Gasteiger partial charge in [0.2, 0.25) is 0 Å². The highest BCUT2D eigenvalue weighted by molar-refractivity contribution is 7.09. The van der Waals surface area contributed by atoms with Gasteiger partial charge in [-0.05, 0) is 62.7 Å². The molecule has 1 heterocycles. The Balaban J connectivity index is 1.46. The molecule has 0 aliphatic rings. The van der Waals surface area contributed by atoms with Crippen molar-refractivity contribution in [2.24, 2.45) is 0 Å². The molecular formula is C23H26N4O3S. The zero-order chi connectivity index (χ0) is 22.2. The van der Waals surface area contributed by atoms with Crippen molar-refractivity contribution in [2.75, 3.05) is 5.32 Å². The highest BCUT2D eigenvalue weighted by Crippen LogP contribution is 2.16. The molecule has 1 aromatic heterocycles. The molecule has 2 aromatic carbocycles. The molecule has 0 saturated heterocycles.